The second kappa shape index (κ2) is 5.90. The van der Waals surface area contributed by atoms with Crippen LogP contribution in [-0.4, -0.2) is 14.9 Å². The van der Waals surface area contributed by atoms with Crippen LogP contribution in [0, 0.1) is 17.0 Å². The zero-order chi connectivity index (χ0) is 14.9. The summed E-state index contributed by atoms with van der Waals surface area (Å²) < 4.78 is 5.97. The first kappa shape index (κ1) is 15.0. The average Bonchev–Trinajstić information content (AvgIpc) is 2.31. The van der Waals surface area contributed by atoms with Crippen LogP contribution in [0.15, 0.2) is 22.7 Å². The van der Waals surface area contributed by atoms with Crippen LogP contribution in [0.5, 0.6) is 11.6 Å². The van der Waals surface area contributed by atoms with Gasteiger partial charge in [-0.25, -0.2) is 4.98 Å². The molecular weight excluding hydrogens is 373 g/mol. The van der Waals surface area contributed by atoms with Gasteiger partial charge in [-0.2, -0.15) is 4.98 Å². The minimum absolute atomic E-state index is 0.120. The van der Waals surface area contributed by atoms with Gasteiger partial charge in [0.25, 0.3) is 0 Å². The Labute approximate surface area is 132 Å². The number of aryl methyl sites for hydroxylation is 1. The van der Waals surface area contributed by atoms with Gasteiger partial charge in [-0.05, 0) is 52.7 Å². The Morgan fingerprint density at radius 1 is 1.35 bits per heavy atom. The van der Waals surface area contributed by atoms with Crippen molar-refractivity contribution in [2.75, 3.05) is 0 Å². The number of aromatic nitrogens is 2. The molecule has 0 N–H and O–H groups in total. The van der Waals surface area contributed by atoms with E-state index >= 15 is 0 Å². The van der Waals surface area contributed by atoms with Crippen LogP contribution >= 0.6 is 39.1 Å². The van der Waals surface area contributed by atoms with Gasteiger partial charge >= 0.3 is 11.6 Å². The van der Waals surface area contributed by atoms with Gasteiger partial charge in [0.2, 0.25) is 5.28 Å². The van der Waals surface area contributed by atoms with Gasteiger partial charge in [0.05, 0.1) is 9.40 Å². The highest BCUT2D eigenvalue weighted by Crippen LogP contribution is 2.36. The first-order valence-electron chi connectivity index (χ1n) is 5.20. The van der Waals surface area contributed by atoms with Crippen LogP contribution < -0.4 is 4.74 Å². The van der Waals surface area contributed by atoms with Crippen molar-refractivity contribution in [3.8, 4) is 11.6 Å². The van der Waals surface area contributed by atoms with Crippen molar-refractivity contribution in [3.63, 3.8) is 0 Å². The number of nitrogens with zero attached hydrogens (tertiary/aromatic N) is 3. The standard InChI is InChI=1S/C11H6BrCl2N3O3/c1-5-9(17(18)19)10(16-11(14)15-5)20-8-3-2-6(13)4-7(8)12/h2-4H,1H3. The zero-order valence-corrected chi connectivity index (χ0v) is 13.0. The van der Waals surface area contributed by atoms with Crippen molar-refractivity contribution < 1.29 is 9.66 Å². The molecule has 0 spiro atoms. The van der Waals surface area contributed by atoms with Gasteiger partial charge in [0.15, 0.2) is 0 Å². The molecule has 0 amide bonds. The highest BCUT2D eigenvalue weighted by Gasteiger charge is 2.24. The van der Waals surface area contributed by atoms with Gasteiger partial charge in [-0.15, -0.1) is 0 Å². The summed E-state index contributed by atoms with van der Waals surface area (Å²) in [5, 5.41) is 11.4. The molecule has 0 bridgehead atoms. The molecule has 1 aromatic carbocycles. The monoisotopic (exact) mass is 377 g/mol. The minimum Gasteiger partial charge on any atom is -0.432 e. The maximum absolute atomic E-state index is 11.1. The minimum atomic E-state index is -0.620. The predicted octanol–water partition coefficient (Wildman–Crippen LogP) is 4.55. The second-order valence-electron chi connectivity index (χ2n) is 3.67. The third-order valence-electron chi connectivity index (χ3n) is 2.28. The molecule has 104 valence electrons. The van der Waals surface area contributed by atoms with Gasteiger partial charge < -0.3 is 4.74 Å². The van der Waals surface area contributed by atoms with Crippen LogP contribution in [0.3, 0.4) is 0 Å². The Morgan fingerprint density at radius 2 is 2.05 bits per heavy atom. The number of rotatable bonds is 3. The van der Waals surface area contributed by atoms with Crippen molar-refractivity contribution in [2.24, 2.45) is 0 Å². The molecule has 0 unspecified atom stereocenters. The molecule has 9 heteroatoms. The van der Waals surface area contributed by atoms with E-state index in [1.54, 1.807) is 18.2 Å². The lowest BCUT2D eigenvalue weighted by molar-refractivity contribution is -0.386. The van der Waals surface area contributed by atoms with E-state index in [1.165, 1.54) is 6.92 Å². The summed E-state index contributed by atoms with van der Waals surface area (Å²) in [5.41, 5.74) is -0.216. The quantitative estimate of drug-likeness (QED) is 0.444. The maximum Gasteiger partial charge on any atom is 0.352 e. The fraction of sp³-hybridized carbons (Fsp3) is 0.0909. The van der Waals surface area contributed by atoms with Crippen molar-refractivity contribution in [1.82, 2.24) is 9.97 Å². The van der Waals surface area contributed by atoms with E-state index < -0.39 is 4.92 Å². The number of hydrogen-bond acceptors (Lipinski definition) is 5. The molecule has 20 heavy (non-hydrogen) atoms. The van der Waals surface area contributed by atoms with Crippen LogP contribution in [0.25, 0.3) is 0 Å². The van der Waals surface area contributed by atoms with E-state index in [2.05, 4.69) is 25.9 Å². The maximum atomic E-state index is 11.1. The molecule has 0 fully saturated rings. The van der Waals surface area contributed by atoms with Crippen LogP contribution in [0.4, 0.5) is 5.69 Å². The summed E-state index contributed by atoms with van der Waals surface area (Å²) in [5.74, 6) is 0.0992. The van der Waals surface area contributed by atoms with Gasteiger partial charge in [0, 0.05) is 5.02 Å². The van der Waals surface area contributed by atoms with Crippen LogP contribution in [-0.2, 0) is 0 Å². The van der Waals surface area contributed by atoms with E-state index in [-0.39, 0.29) is 22.5 Å². The molecule has 0 atom stereocenters. The van der Waals surface area contributed by atoms with Gasteiger partial charge in [0.1, 0.15) is 11.4 Å². The van der Waals surface area contributed by atoms with Crippen molar-refractivity contribution in [2.45, 2.75) is 6.92 Å². The Hall–Kier alpha value is -1.44. The number of nitro groups is 1. The lowest BCUT2D eigenvalue weighted by Gasteiger charge is -2.08. The van der Waals surface area contributed by atoms with E-state index in [4.69, 9.17) is 27.9 Å². The Morgan fingerprint density at radius 3 is 2.65 bits per heavy atom. The molecule has 2 rings (SSSR count). The predicted molar refractivity (Wildman–Crippen MR) is 77.7 cm³/mol. The van der Waals surface area contributed by atoms with E-state index in [9.17, 15) is 10.1 Å². The zero-order valence-electron chi connectivity index (χ0n) is 9.93. The summed E-state index contributed by atoms with van der Waals surface area (Å²) in [6.07, 6.45) is 0. The molecule has 2 aromatic rings. The second-order valence-corrected chi connectivity index (χ2v) is 5.29. The van der Waals surface area contributed by atoms with Crippen molar-refractivity contribution in [3.05, 3.63) is 48.8 Å². The molecular formula is C11H6BrCl2N3O3. The van der Waals surface area contributed by atoms with E-state index in [1.807, 2.05) is 0 Å². The van der Waals surface area contributed by atoms with Crippen molar-refractivity contribution >= 4 is 44.8 Å². The van der Waals surface area contributed by atoms with Gasteiger partial charge in [-0.1, -0.05) is 11.6 Å². The molecule has 0 aliphatic carbocycles. The third-order valence-corrected chi connectivity index (χ3v) is 3.31. The topological polar surface area (TPSA) is 78.2 Å². The highest BCUT2D eigenvalue weighted by atomic mass is 79.9. The largest absolute Gasteiger partial charge is 0.432 e. The molecule has 6 nitrogen and oxygen atoms in total. The van der Waals surface area contributed by atoms with Crippen LogP contribution in [0.2, 0.25) is 10.3 Å². The Kier molecular flexibility index (Phi) is 4.42. The van der Waals surface area contributed by atoms with Crippen molar-refractivity contribution in [1.29, 1.82) is 0 Å². The number of hydrogen-bond donors (Lipinski definition) is 0. The number of ether oxygens (including phenoxy) is 1. The first-order chi connectivity index (χ1) is 9.38. The average molecular weight is 379 g/mol. The third kappa shape index (κ3) is 3.17. The Balaban J connectivity index is 2.50. The fourth-order valence-electron chi connectivity index (χ4n) is 1.45. The Bertz CT molecular complexity index is 697. The fourth-order valence-corrected chi connectivity index (χ4v) is 2.42. The molecule has 0 radical (unpaired) electrons. The summed E-state index contributed by atoms with van der Waals surface area (Å²) in [4.78, 5) is 17.9. The normalized spacial score (nSPS) is 10.4. The van der Waals surface area contributed by atoms with Gasteiger partial charge in [-0.3, -0.25) is 10.1 Å². The molecule has 1 aromatic heterocycles. The first-order valence-corrected chi connectivity index (χ1v) is 6.75. The molecule has 0 aliphatic rings. The SMILES string of the molecule is Cc1nc(Cl)nc(Oc2ccc(Cl)cc2Br)c1[N+](=O)[O-]. The summed E-state index contributed by atoms with van der Waals surface area (Å²) >= 11 is 14.8. The number of benzene rings is 1. The van der Waals surface area contributed by atoms with Crippen LogP contribution in [0.1, 0.15) is 5.69 Å². The lowest BCUT2D eigenvalue weighted by atomic mass is 10.3. The summed E-state index contributed by atoms with van der Waals surface area (Å²) in [6.45, 7) is 1.45. The van der Waals surface area contributed by atoms with E-state index in [0.29, 0.717) is 15.2 Å². The lowest BCUT2D eigenvalue weighted by Crippen LogP contribution is -2.01. The summed E-state index contributed by atoms with van der Waals surface area (Å²) in [7, 11) is 0. The smallest absolute Gasteiger partial charge is 0.352 e. The summed E-state index contributed by atoms with van der Waals surface area (Å²) in [6, 6.07) is 4.74. The molecule has 1 heterocycles. The molecule has 0 aliphatic heterocycles. The molecule has 0 saturated carbocycles. The van der Waals surface area contributed by atoms with E-state index in [0.717, 1.165) is 0 Å². The number of halogens is 3. The molecule has 0 saturated heterocycles. The highest BCUT2D eigenvalue weighted by molar-refractivity contribution is 9.10.